The van der Waals surface area contributed by atoms with E-state index in [-0.39, 0.29) is 34.7 Å². The fraction of sp³-hybridized carbons (Fsp3) is 0.222. The number of thiazole rings is 1. The van der Waals surface area contributed by atoms with Crippen molar-refractivity contribution in [3.8, 4) is 11.3 Å². The van der Waals surface area contributed by atoms with E-state index in [4.69, 9.17) is 4.74 Å². The lowest BCUT2D eigenvalue weighted by Crippen LogP contribution is -2.17. The number of H-pyrrole nitrogens is 1. The summed E-state index contributed by atoms with van der Waals surface area (Å²) in [5.41, 5.74) is 0.975. The summed E-state index contributed by atoms with van der Waals surface area (Å²) in [5.74, 6) is -0.833. The maximum Gasteiger partial charge on any atom is 0.350 e. The first kappa shape index (κ1) is 20.7. The molecule has 2 aromatic heterocycles. The summed E-state index contributed by atoms with van der Waals surface area (Å²) in [7, 11) is 0. The van der Waals surface area contributed by atoms with Gasteiger partial charge in [0, 0.05) is 5.56 Å². The average Bonchev–Trinajstić information content (AvgIpc) is 3.07. The first-order chi connectivity index (χ1) is 14.0. The number of anilines is 1. The van der Waals surface area contributed by atoms with Gasteiger partial charge in [0.05, 0.1) is 18.1 Å². The monoisotopic (exact) mass is 431 g/mol. The van der Waals surface area contributed by atoms with Gasteiger partial charge in [0.15, 0.2) is 16.0 Å². The highest BCUT2D eigenvalue weighted by Gasteiger charge is 2.18. The van der Waals surface area contributed by atoms with Crippen molar-refractivity contribution in [3.05, 3.63) is 51.3 Å². The molecule has 1 aromatic carbocycles. The van der Waals surface area contributed by atoms with Gasteiger partial charge in [0.2, 0.25) is 5.91 Å². The Hall–Kier alpha value is -3.05. The van der Waals surface area contributed by atoms with E-state index in [2.05, 4.69) is 25.5 Å². The fourth-order valence-electron chi connectivity index (χ4n) is 2.30. The topological polar surface area (TPSA) is 127 Å². The molecule has 0 spiro atoms. The fourth-order valence-corrected chi connectivity index (χ4v) is 3.78. The molecule has 0 unspecified atom stereocenters. The number of aromatic nitrogens is 4. The van der Waals surface area contributed by atoms with Crippen molar-refractivity contribution < 1.29 is 14.3 Å². The molecule has 3 rings (SSSR count). The molecule has 2 N–H and O–H groups in total. The van der Waals surface area contributed by atoms with E-state index in [0.29, 0.717) is 21.3 Å². The molecule has 150 valence electrons. The van der Waals surface area contributed by atoms with Gasteiger partial charge in [-0.1, -0.05) is 53.4 Å². The summed E-state index contributed by atoms with van der Waals surface area (Å²) in [5, 5.41) is 11.1. The van der Waals surface area contributed by atoms with E-state index in [9.17, 15) is 14.4 Å². The summed E-state index contributed by atoms with van der Waals surface area (Å²) in [6.07, 6.45) is 0. The Morgan fingerprint density at radius 3 is 2.69 bits per heavy atom. The largest absolute Gasteiger partial charge is 0.462 e. The molecule has 9 nitrogen and oxygen atoms in total. The predicted octanol–water partition coefficient (Wildman–Crippen LogP) is 2.50. The molecule has 0 radical (unpaired) electrons. The van der Waals surface area contributed by atoms with Crippen LogP contribution in [0.25, 0.3) is 11.3 Å². The molecule has 2 heterocycles. The summed E-state index contributed by atoms with van der Waals surface area (Å²) in [6.45, 7) is 3.65. The van der Waals surface area contributed by atoms with Crippen LogP contribution in [-0.2, 0) is 9.53 Å². The van der Waals surface area contributed by atoms with Crippen molar-refractivity contribution in [2.45, 2.75) is 19.0 Å². The van der Waals surface area contributed by atoms with Crippen molar-refractivity contribution >= 4 is 40.1 Å². The molecule has 0 atom stereocenters. The SMILES string of the molecule is CCOC(=O)c1sc(NC(=O)CSc2nnc(-c3ccccc3)c(=O)[nH]2)nc1C. The molecular weight excluding hydrogens is 414 g/mol. The minimum Gasteiger partial charge on any atom is -0.462 e. The molecule has 1 amide bonds. The molecule has 0 bridgehead atoms. The van der Waals surface area contributed by atoms with Crippen molar-refractivity contribution in [1.29, 1.82) is 0 Å². The van der Waals surface area contributed by atoms with Crippen LogP contribution >= 0.6 is 23.1 Å². The van der Waals surface area contributed by atoms with E-state index < -0.39 is 5.97 Å². The van der Waals surface area contributed by atoms with Crippen LogP contribution in [0.15, 0.2) is 40.3 Å². The second-order valence-corrected chi connectivity index (χ2v) is 7.63. The number of nitrogens with one attached hydrogen (secondary N) is 2. The molecule has 3 aromatic rings. The summed E-state index contributed by atoms with van der Waals surface area (Å²) >= 11 is 2.08. The number of benzene rings is 1. The van der Waals surface area contributed by atoms with Crippen molar-refractivity contribution in [2.75, 3.05) is 17.7 Å². The maximum atomic E-state index is 12.2. The molecule has 0 saturated heterocycles. The van der Waals surface area contributed by atoms with Crippen LogP contribution < -0.4 is 10.9 Å². The van der Waals surface area contributed by atoms with Crippen LogP contribution in [0, 0.1) is 6.92 Å². The van der Waals surface area contributed by atoms with Gasteiger partial charge in [-0.25, -0.2) is 9.78 Å². The van der Waals surface area contributed by atoms with Gasteiger partial charge in [-0.15, -0.1) is 10.2 Å². The van der Waals surface area contributed by atoms with Gasteiger partial charge >= 0.3 is 5.97 Å². The molecule has 0 aliphatic rings. The average molecular weight is 431 g/mol. The Balaban J connectivity index is 1.60. The number of thioether (sulfide) groups is 1. The van der Waals surface area contributed by atoms with E-state index in [1.165, 1.54) is 0 Å². The van der Waals surface area contributed by atoms with Crippen LogP contribution in [0.1, 0.15) is 22.3 Å². The number of rotatable bonds is 7. The number of esters is 1. The first-order valence-electron chi connectivity index (χ1n) is 8.57. The number of ether oxygens (including phenoxy) is 1. The lowest BCUT2D eigenvalue weighted by molar-refractivity contribution is -0.113. The van der Waals surface area contributed by atoms with Gasteiger partial charge in [0.25, 0.3) is 5.56 Å². The number of hydrogen-bond donors (Lipinski definition) is 2. The number of aryl methyl sites for hydroxylation is 1. The van der Waals surface area contributed by atoms with Crippen molar-refractivity contribution in [3.63, 3.8) is 0 Å². The highest BCUT2D eigenvalue weighted by Crippen LogP contribution is 2.24. The van der Waals surface area contributed by atoms with Gasteiger partial charge in [-0.3, -0.25) is 14.6 Å². The summed E-state index contributed by atoms with van der Waals surface area (Å²) in [4.78, 5) is 43.3. The van der Waals surface area contributed by atoms with Crippen LogP contribution in [-0.4, -0.2) is 44.4 Å². The highest BCUT2D eigenvalue weighted by atomic mass is 32.2. The molecule has 0 fully saturated rings. The van der Waals surface area contributed by atoms with Crippen LogP contribution in [0.3, 0.4) is 0 Å². The molecular formula is C18H17N5O4S2. The quantitative estimate of drug-likeness (QED) is 0.431. The van der Waals surface area contributed by atoms with Crippen LogP contribution in [0.2, 0.25) is 0 Å². The minimum absolute atomic E-state index is 0.0112. The van der Waals surface area contributed by atoms with Gasteiger partial charge < -0.3 is 10.1 Å². The van der Waals surface area contributed by atoms with E-state index in [1.807, 2.05) is 6.07 Å². The molecule has 29 heavy (non-hydrogen) atoms. The van der Waals surface area contributed by atoms with Gasteiger partial charge in [0.1, 0.15) is 4.88 Å². The Bertz CT molecular complexity index is 1080. The van der Waals surface area contributed by atoms with Crippen LogP contribution in [0.4, 0.5) is 5.13 Å². The predicted molar refractivity (Wildman–Crippen MR) is 110 cm³/mol. The number of hydrogen-bond acceptors (Lipinski definition) is 9. The third-order valence-corrected chi connectivity index (χ3v) is 5.48. The lowest BCUT2D eigenvalue weighted by Gasteiger charge is -2.02. The summed E-state index contributed by atoms with van der Waals surface area (Å²) in [6, 6.07) is 8.97. The summed E-state index contributed by atoms with van der Waals surface area (Å²) < 4.78 is 4.95. The minimum atomic E-state index is -0.469. The molecule has 0 aliphatic heterocycles. The Kier molecular flexibility index (Phi) is 6.73. The van der Waals surface area contributed by atoms with Crippen molar-refractivity contribution in [2.24, 2.45) is 0 Å². The Labute approximate surface area is 173 Å². The third-order valence-electron chi connectivity index (χ3n) is 3.57. The smallest absolute Gasteiger partial charge is 0.350 e. The zero-order valence-electron chi connectivity index (χ0n) is 15.6. The van der Waals surface area contributed by atoms with Gasteiger partial charge in [-0.2, -0.15) is 0 Å². The van der Waals surface area contributed by atoms with E-state index >= 15 is 0 Å². The molecule has 0 saturated carbocycles. The standard InChI is InChI=1S/C18H17N5O4S2/c1-3-27-16(26)14-10(2)19-17(29-14)20-12(24)9-28-18-21-15(25)13(22-23-18)11-7-5-4-6-8-11/h4-8H,3,9H2,1-2H3,(H,19,20,24)(H,21,23,25). The first-order valence-corrected chi connectivity index (χ1v) is 10.4. The van der Waals surface area contributed by atoms with Crippen molar-refractivity contribution in [1.82, 2.24) is 20.2 Å². The van der Waals surface area contributed by atoms with Gasteiger partial charge in [-0.05, 0) is 13.8 Å². The number of amides is 1. The highest BCUT2D eigenvalue weighted by molar-refractivity contribution is 7.99. The lowest BCUT2D eigenvalue weighted by atomic mass is 10.2. The number of aromatic amines is 1. The zero-order valence-corrected chi connectivity index (χ0v) is 17.2. The maximum absolute atomic E-state index is 12.2. The van der Waals surface area contributed by atoms with E-state index in [0.717, 1.165) is 23.1 Å². The normalized spacial score (nSPS) is 10.6. The Morgan fingerprint density at radius 1 is 1.24 bits per heavy atom. The Morgan fingerprint density at radius 2 is 2.00 bits per heavy atom. The second-order valence-electron chi connectivity index (χ2n) is 5.66. The van der Waals surface area contributed by atoms with Crippen LogP contribution in [0.5, 0.6) is 0 Å². The number of nitrogens with zero attached hydrogens (tertiary/aromatic N) is 3. The second kappa shape index (κ2) is 9.43. The molecule has 0 aliphatic carbocycles. The number of carbonyl (C=O) groups excluding carboxylic acids is 2. The number of carbonyl (C=O) groups is 2. The zero-order chi connectivity index (χ0) is 20.8. The molecule has 11 heteroatoms. The third kappa shape index (κ3) is 5.27. The van der Waals surface area contributed by atoms with E-state index in [1.54, 1.807) is 38.1 Å².